The van der Waals surface area contributed by atoms with E-state index < -0.39 is 84.9 Å². The lowest BCUT2D eigenvalue weighted by Crippen LogP contribution is -2.62. The highest BCUT2D eigenvalue weighted by molar-refractivity contribution is 5.87. The fourth-order valence-corrected chi connectivity index (χ4v) is 11.8. The molecule has 3 aliphatic heterocycles. The van der Waals surface area contributed by atoms with Crippen molar-refractivity contribution in [3.05, 3.63) is 95.6 Å². The summed E-state index contributed by atoms with van der Waals surface area (Å²) in [6.07, 6.45) is -0.652. The van der Waals surface area contributed by atoms with Gasteiger partial charge in [-0.05, 0) is 112 Å². The summed E-state index contributed by atoms with van der Waals surface area (Å²) in [6, 6.07) is 22.2. The summed E-state index contributed by atoms with van der Waals surface area (Å²) in [4.78, 5) is 90.4. The first-order valence-corrected chi connectivity index (χ1v) is 33.7. The minimum absolute atomic E-state index is 0.0427. The molecule has 27 nitrogen and oxygen atoms in total. The lowest BCUT2D eigenvalue weighted by molar-refractivity contribution is -0.267. The summed E-state index contributed by atoms with van der Waals surface area (Å²) in [5.74, 6) is -0.827. The van der Waals surface area contributed by atoms with Gasteiger partial charge in [-0.3, -0.25) is 33.6 Å². The van der Waals surface area contributed by atoms with Crippen molar-refractivity contribution in [2.24, 2.45) is 11.5 Å². The second-order valence-corrected chi connectivity index (χ2v) is 24.6. The lowest BCUT2D eigenvalue weighted by atomic mass is 9.80. The van der Waals surface area contributed by atoms with E-state index in [9.17, 15) is 54.0 Å². The number of aliphatic hydroxyl groups is 4. The molecule has 3 fully saturated rings. The molecule has 5 amide bonds. The summed E-state index contributed by atoms with van der Waals surface area (Å²) in [5.41, 5.74) is 13.6. The summed E-state index contributed by atoms with van der Waals surface area (Å²) >= 11 is 0. The third-order valence-electron chi connectivity index (χ3n) is 17.2. The van der Waals surface area contributed by atoms with Crippen LogP contribution in [0, 0.1) is 0 Å². The van der Waals surface area contributed by atoms with E-state index in [2.05, 4.69) is 21.3 Å². The number of ether oxygens (including phenoxy) is 9. The van der Waals surface area contributed by atoms with E-state index in [1.54, 1.807) is 19.1 Å². The number of β-amino-alcohol motifs (C(OH)–C–C–N with tert-alkyl or cyclic N) is 1. The summed E-state index contributed by atoms with van der Waals surface area (Å²) in [7, 11) is 3.23. The smallest absolute Gasteiger partial charge is 0.302 e. The van der Waals surface area contributed by atoms with Crippen molar-refractivity contribution < 1.29 is 96.6 Å². The van der Waals surface area contributed by atoms with Gasteiger partial charge in [0.2, 0.25) is 29.5 Å². The number of rotatable bonds is 42. The normalized spacial score (nSPS) is 22.9. The van der Waals surface area contributed by atoms with E-state index in [0.29, 0.717) is 108 Å². The minimum Gasteiger partial charge on any atom is -0.497 e. The first kappa shape index (κ1) is 78.1. The van der Waals surface area contributed by atoms with Gasteiger partial charge in [0.1, 0.15) is 54.7 Å². The van der Waals surface area contributed by atoms with Crippen molar-refractivity contribution in [1.29, 1.82) is 0 Å². The van der Waals surface area contributed by atoms with Crippen LogP contribution in [0.1, 0.15) is 146 Å². The van der Waals surface area contributed by atoms with E-state index in [0.717, 1.165) is 16.7 Å². The zero-order valence-electron chi connectivity index (χ0n) is 55.9. The Morgan fingerprint density at radius 1 is 0.573 bits per heavy atom. The first-order chi connectivity index (χ1) is 46.2. The monoisotopic (exact) mass is 1350 g/mol. The number of nitrogens with one attached hydrogen (secondary N) is 4. The molecule has 0 bridgehead atoms. The van der Waals surface area contributed by atoms with Gasteiger partial charge in [0.05, 0.1) is 63.9 Å². The van der Waals surface area contributed by atoms with Crippen molar-refractivity contribution in [1.82, 2.24) is 26.2 Å². The van der Waals surface area contributed by atoms with Crippen LogP contribution >= 0.6 is 0 Å². The second kappa shape index (κ2) is 41.4. The Hall–Kier alpha value is -6.89. The quantitative estimate of drug-likeness (QED) is 0.0221. The number of amides is 5. The van der Waals surface area contributed by atoms with Gasteiger partial charge in [-0.1, -0.05) is 67.4 Å². The van der Waals surface area contributed by atoms with Crippen molar-refractivity contribution >= 4 is 41.5 Å². The standard InChI is InChI=1S/C69H103N7O20/c1-45(77)92-43-54-40-56(80)62(70)67(95-54)90-37-17-13-23-60(83)75-55(21-12-16-35-73-59(82)24-18-38-91-68-63(71)65(86)64(85)57(96-68)44-93-46(2)78)66(87)74-36-15-6-10-22-58(81)72-34-14-7-11-25-61(84)76-41-51(79)39-50(76)42-94-69(47-19-8-5-9-20-47,48-26-30-52(88-3)31-27-48)49-28-32-53(89-4)33-29-49/h5,8-9,19-20,26-33,50-51,54-57,62-65,67-68,79-80,85-86H,6-7,10-18,21-25,34-44,70-71H2,1-4H3,(H,72,81)(H,73,82)(H,74,87)(H,75,83)/t50-,51+,54?,55-,56?,57?,62-,63?,64?,65?,67?,68?/m0/s1. The van der Waals surface area contributed by atoms with Crippen molar-refractivity contribution in [3.63, 3.8) is 0 Å². The molecular formula is C69H103N7O20. The molecule has 0 radical (unpaired) electrons. The largest absolute Gasteiger partial charge is 0.497 e. The lowest BCUT2D eigenvalue weighted by Gasteiger charge is -2.40. The molecule has 3 aliphatic rings. The number of unbranched alkanes of at least 4 members (excludes halogenated alkanes) is 6. The van der Waals surface area contributed by atoms with Crippen LogP contribution < -0.4 is 42.2 Å². The van der Waals surface area contributed by atoms with Crippen molar-refractivity contribution in [3.8, 4) is 11.5 Å². The molecule has 12 N–H and O–H groups in total. The van der Waals surface area contributed by atoms with Crippen LogP contribution in [0.5, 0.6) is 11.5 Å². The number of likely N-dealkylation sites (tertiary alicyclic amines) is 1. The third-order valence-corrected chi connectivity index (χ3v) is 17.2. The van der Waals surface area contributed by atoms with Crippen molar-refractivity contribution in [2.45, 2.75) is 208 Å². The number of esters is 2. The summed E-state index contributed by atoms with van der Waals surface area (Å²) < 4.78 is 50.9. The number of hydrogen-bond donors (Lipinski definition) is 10. The first-order valence-electron chi connectivity index (χ1n) is 33.7. The fraction of sp³-hybridized carbons (Fsp3) is 0.638. The molecule has 3 heterocycles. The topological polar surface area (TPSA) is 387 Å². The average Bonchev–Trinajstić information content (AvgIpc) is 0.853. The van der Waals surface area contributed by atoms with Crippen molar-refractivity contribution in [2.75, 3.05) is 73.4 Å². The molecule has 8 unspecified atom stereocenters. The number of hydrogen-bond acceptors (Lipinski definition) is 22. The minimum atomic E-state index is -1.40. The number of aliphatic hydroxyl groups excluding tert-OH is 4. The maximum Gasteiger partial charge on any atom is 0.302 e. The van der Waals surface area contributed by atoms with Gasteiger partial charge in [-0.2, -0.15) is 0 Å². The van der Waals surface area contributed by atoms with Crippen LogP contribution in [0.3, 0.4) is 0 Å². The van der Waals surface area contributed by atoms with E-state index in [1.807, 2.05) is 78.9 Å². The molecule has 3 saturated heterocycles. The van der Waals surface area contributed by atoms with Crippen LogP contribution in [0.15, 0.2) is 78.9 Å². The predicted octanol–water partition coefficient (Wildman–Crippen LogP) is 2.79. The Morgan fingerprint density at radius 2 is 1.10 bits per heavy atom. The van der Waals surface area contributed by atoms with E-state index >= 15 is 0 Å². The van der Waals surface area contributed by atoms with Crippen LogP contribution in [0.2, 0.25) is 0 Å². The maximum absolute atomic E-state index is 13.8. The second-order valence-electron chi connectivity index (χ2n) is 24.6. The molecule has 6 rings (SSSR count). The highest BCUT2D eigenvalue weighted by Crippen LogP contribution is 2.42. The Labute approximate surface area is 562 Å². The Balaban J connectivity index is 0.885. The molecule has 27 heteroatoms. The predicted molar refractivity (Wildman–Crippen MR) is 350 cm³/mol. The highest BCUT2D eigenvalue weighted by atomic mass is 16.7. The SMILES string of the molecule is COc1ccc(C(OC[C@@H]2C[C@@H](O)CN2C(=O)CCCCCNC(=O)CCCCCNC(=O)[C@H](CCCCNC(=O)CCCOC2OC(COC(C)=O)C(O)C(O)C2N)NC(=O)CCCCOC2OC(COC(C)=O)CC(O)[C@@H]2N)(c2ccccc2)c2ccc(OC)cc2)cc1. The molecule has 96 heavy (non-hydrogen) atoms. The summed E-state index contributed by atoms with van der Waals surface area (Å²) in [5, 5.41) is 53.6. The van der Waals surface area contributed by atoms with Crippen LogP contribution in [0.4, 0.5) is 0 Å². The van der Waals surface area contributed by atoms with Gasteiger partial charge >= 0.3 is 11.9 Å². The van der Waals surface area contributed by atoms with Gasteiger partial charge in [0.15, 0.2) is 12.6 Å². The number of benzene rings is 3. The van der Waals surface area contributed by atoms with Crippen LogP contribution in [-0.2, 0) is 72.3 Å². The molecule has 0 saturated carbocycles. The molecule has 0 aliphatic carbocycles. The molecule has 534 valence electrons. The zero-order valence-corrected chi connectivity index (χ0v) is 55.9. The van der Waals surface area contributed by atoms with Gasteiger partial charge in [0.25, 0.3) is 0 Å². The van der Waals surface area contributed by atoms with Gasteiger partial charge in [-0.25, -0.2) is 0 Å². The van der Waals surface area contributed by atoms with E-state index in [-0.39, 0.29) is 114 Å². The number of nitrogens with zero attached hydrogens (tertiary/aromatic N) is 1. The third kappa shape index (κ3) is 25.2. The van der Waals surface area contributed by atoms with Gasteiger partial charge in [-0.15, -0.1) is 0 Å². The van der Waals surface area contributed by atoms with Crippen LogP contribution in [-0.4, -0.2) is 214 Å². The number of methoxy groups -OCH3 is 2. The van der Waals surface area contributed by atoms with Gasteiger partial charge < -0.3 is 101 Å². The molecule has 3 aromatic rings. The maximum atomic E-state index is 13.8. The molecule has 3 aromatic carbocycles. The van der Waals surface area contributed by atoms with Crippen LogP contribution in [0.25, 0.3) is 0 Å². The Kier molecular flexibility index (Phi) is 33.7. The number of carbonyl (C=O) groups excluding carboxylic acids is 7. The molecule has 12 atom stereocenters. The van der Waals surface area contributed by atoms with Gasteiger partial charge in [0, 0.05) is 78.7 Å². The van der Waals surface area contributed by atoms with E-state index in [1.165, 1.54) is 13.8 Å². The molecule has 0 aromatic heterocycles. The average molecular weight is 1350 g/mol. The molecular weight excluding hydrogens is 1250 g/mol. The summed E-state index contributed by atoms with van der Waals surface area (Å²) in [6.45, 7) is 3.73. The fourth-order valence-electron chi connectivity index (χ4n) is 11.8. The molecule has 0 spiro atoms. The number of nitrogens with two attached hydrogens (primary N) is 2. The Bertz CT molecular complexity index is 2790. The number of carbonyl (C=O) groups is 7. The Morgan fingerprint density at radius 3 is 1.72 bits per heavy atom. The zero-order chi connectivity index (χ0) is 69.4. The highest BCUT2D eigenvalue weighted by Gasteiger charge is 2.45. The van der Waals surface area contributed by atoms with E-state index in [4.69, 9.17) is 54.1 Å².